The molecule has 0 radical (unpaired) electrons. The van der Waals surface area contributed by atoms with Crippen LogP contribution in [0.15, 0.2) is 0 Å². The van der Waals surface area contributed by atoms with Gasteiger partial charge in [0.05, 0.1) is 26.4 Å². The van der Waals surface area contributed by atoms with Crippen LogP contribution in [-0.4, -0.2) is 96.7 Å². The van der Waals surface area contributed by atoms with Gasteiger partial charge in [0.15, 0.2) is 12.2 Å². The zero-order chi connectivity index (χ0) is 69.8. The van der Waals surface area contributed by atoms with Gasteiger partial charge in [-0.3, -0.25) is 37.3 Å². The van der Waals surface area contributed by atoms with Crippen LogP contribution >= 0.6 is 15.6 Å². The van der Waals surface area contributed by atoms with Gasteiger partial charge in [0.1, 0.15) is 19.3 Å². The van der Waals surface area contributed by atoms with Gasteiger partial charge >= 0.3 is 39.5 Å². The van der Waals surface area contributed by atoms with Crippen LogP contribution in [0.2, 0.25) is 0 Å². The first-order chi connectivity index (χ1) is 46.0. The molecule has 19 heteroatoms. The van der Waals surface area contributed by atoms with Crippen LogP contribution in [0.5, 0.6) is 0 Å². The van der Waals surface area contributed by atoms with E-state index < -0.39 is 97.5 Å². The quantitative estimate of drug-likeness (QED) is 0.0222. The summed E-state index contributed by atoms with van der Waals surface area (Å²) in [6.07, 6.45) is 58.1. The van der Waals surface area contributed by atoms with Crippen molar-refractivity contribution in [2.45, 2.75) is 419 Å². The molecule has 0 fully saturated rings. The summed E-state index contributed by atoms with van der Waals surface area (Å²) in [6.45, 7) is 7.31. The summed E-state index contributed by atoms with van der Waals surface area (Å²) in [7, 11) is -9.91. The molecule has 0 spiro atoms. The number of unbranched alkanes of at least 4 members (excludes halogenated alkanes) is 48. The summed E-state index contributed by atoms with van der Waals surface area (Å²) in [5.41, 5.74) is 0. The number of carbonyl (C=O) groups excluding carboxylic acids is 4. The van der Waals surface area contributed by atoms with Crippen molar-refractivity contribution in [3.63, 3.8) is 0 Å². The minimum Gasteiger partial charge on any atom is -0.462 e. The zero-order valence-electron chi connectivity index (χ0n) is 61.8. The van der Waals surface area contributed by atoms with Gasteiger partial charge in [0, 0.05) is 25.7 Å². The van der Waals surface area contributed by atoms with Gasteiger partial charge in [-0.05, 0) is 31.6 Å². The van der Waals surface area contributed by atoms with E-state index in [1.165, 1.54) is 225 Å². The first-order valence-electron chi connectivity index (χ1n) is 39.6. The predicted octanol–water partition coefficient (Wildman–Crippen LogP) is 22.5. The molecule has 0 aromatic rings. The summed E-state index contributed by atoms with van der Waals surface area (Å²) in [5, 5.41) is 10.6. The van der Waals surface area contributed by atoms with E-state index >= 15 is 0 Å². The van der Waals surface area contributed by atoms with E-state index in [-0.39, 0.29) is 25.7 Å². The van der Waals surface area contributed by atoms with Crippen molar-refractivity contribution in [1.29, 1.82) is 0 Å². The number of phosphoric ester groups is 2. The number of phosphoric acid groups is 2. The van der Waals surface area contributed by atoms with Crippen molar-refractivity contribution >= 4 is 39.5 Å². The molecule has 0 aromatic carbocycles. The van der Waals surface area contributed by atoms with Gasteiger partial charge in [0.25, 0.3) is 0 Å². The molecule has 0 heterocycles. The highest BCUT2D eigenvalue weighted by atomic mass is 31.2. The molecular weight excluding hydrogens is 1250 g/mol. The summed E-state index contributed by atoms with van der Waals surface area (Å²) in [4.78, 5) is 72.8. The van der Waals surface area contributed by atoms with E-state index in [0.717, 1.165) is 95.8 Å². The molecule has 0 saturated heterocycles. The Morgan fingerprint density at radius 2 is 0.484 bits per heavy atom. The highest BCUT2D eigenvalue weighted by Crippen LogP contribution is 2.45. The Morgan fingerprint density at radius 1 is 0.284 bits per heavy atom. The molecule has 2 unspecified atom stereocenters. The number of carbonyl (C=O) groups is 4. The van der Waals surface area contributed by atoms with Crippen molar-refractivity contribution in [2.75, 3.05) is 39.6 Å². The third kappa shape index (κ3) is 70.3. The first kappa shape index (κ1) is 93.1. The number of ether oxygens (including phenoxy) is 4. The molecule has 0 aliphatic heterocycles. The van der Waals surface area contributed by atoms with E-state index in [2.05, 4.69) is 34.6 Å². The van der Waals surface area contributed by atoms with Crippen molar-refractivity contribution in [2.24, 2.45) is 5.92 Å². The molecule has 17 nitrogen and oxygen atoms in total. The van der Waals surface area contributed by atoms with Crippen molar-refractivity contribution in [1.82, 2.24) is 0 Å². The molecular formula is C76H148O17P2. The average molecular weight is 1400 g/mol. The fraction of sp³-hybridized carbons (Fsp3) is 0.947. The Kier molecular flexibility index (Phi) is 67.7. The van der Waals surface area contributed by atoms with Crippen LogP contribution in [0.3, 0.4) is 0 Å². The van der Waals surface area contributed by atoms with Gasteiger partial charge in [-0.15, -0.1) is 0 Å². The third-order valence-corrected chi connectivity index (χ3v) is 19.7. The summed E-state index contributed by atoms with van der Waals surface area (Å²) in [6, 6.07) is 0. The molecule has 0 aromatic heterocycles. The second-order valence-electron chi connectivity index (χ2n) is 27.9. The Bertz CT molecular complexity index is 1820. The number of hydrogen-bond donors (Lipinski definition) is 3. The number of aliphatic hydroxyl groups excluding tert-OH is 1. The molecule has 0 amide bonds. The Morgan fingerprint density at radius 3 is 0.716 bits per heavy atom. The number of aliphatic hydroxyl groups is 1. The van der Waals surface area contributed by atoms with E-state index in [0.29, 0.717) is 25.7 Å². The molecule has 0 aliphatic carbocycles. The SMILES string of the molecule is CCCCCCCCCCCCCCCCCCCC(=O)O[C@H](COC(=O)CCCCCCCCCCCCCCC(C)C)COP(=O)(O)OC[C@@H](O)COP(=O)(O)OC[C@@H](COC(=O)CCCCCCCCCCCCC)OC(=O)CCCCCCCCCCCCCC. The summed E-state index contributed by atoms with van der Waals surface area (Å²) in [5.74, 6) is -1.33. The van der Waals surface area contributed by atoms with Gasteiger partial charge in [-0.25, -0.2) is 9.13 Å². The maximum Gasteiger partial charge on any atom is 0.472 e. The maximum atomic E-state index is 13.1. The van der Waals surface area contributed by atoms with E-state index in [1.54, 1.807) is 0 Å². The van der Waals surface area contributed by atoms with Crippen LogP contribution in [-0.2, 0) is 65.4 Å². The van der Waals surface area contributed by atoms with Crippen LogP contribution in [0, 0.1) is 5.92 Å². The highest BCUT2D eigenvalue weighted by Gasteiger charge is 2.30. The number of rotatable bonds is 76. The van der Waals surface area contributed by atoms with Gasteiger partial charge in [-0.1, -0.05) is 349 Å². The topological polar surface area (TPSA) is 237 Å². The zero-order valence-corrected chi connectivity index (χ0v) is 63.6. The Hall–Kier alpha value is -1.94. The van der Waals surface area contributed by atoms with E-state index in [9.17, 15) is 43.2 Å². The normalized spacial score (nSPS) is 13.9. The fourth-order valence-electron chi connectivity index (χ4n) is 11.7. The standard InChI is InChI=1S/C76H148O17P2/c1-6-9-12-15-18-21-24-26-27-28-29-30-37-42-47-52-57-62-76(81)93-72(66-87-74(79)60-55-50-45-40-36-32-31-34-38-43-48-53-58-69(4)5)68-91-95(84,85)89-64-70(77)63-88-94(82,83)90-67-71(65-86-73(78)59-54-49-44-39-33-23-20-17-14-11-8-3)92-75(80)61-56-51-46-41-35-25-22-19-16-13-10-7-2/h69-72,77H,6-68H2,1-5H3,(H,82,83)(H,84,85)/t70-,71+,72+/m0/s1. The molecule has 0 bridgehead atoms. The summed E-state index contributed by atoms with van der Waals surface area (Å²) >= 11 is 0. The first-order valence-corrected chi connectivity index (χ1v) is 42.6. The minimum absolute atomic E-state index is 0.108. The molecule has 95 heavy (non-hydrogen) atoms. The second kappa shape index (κ2) is 69.2. The van der Waals surface area contributed by atoms with Gasteiger partial charge < -0.3 is 33.8 Å². The average Bonchev–Trinajstić information content (AvgIpc) is 1.93. The monoisotopic (exact) mass is 1400 g/mol. The molecule has 564 valence electrons. The third-order valence-electron chi connectivity index (χ3n) is 17.8. The Balaban J connectivity index is 5.25. The lowest BCUT2D eigenvalue weighted by molar-refractivity contribution is -0.161. The molecule has 5 atom stereocenters. The van der Waals surface area contributed by atoms with E-state index in [4.69, 9.17) is 37.0 Å². The lowest BCUT2D eigenvalue weighted by Crippen LogP contribution is -2.30. The lowest BCUT2D eigenvalue weighted by atomic mass is 10.0. The lowest BCUT2D eigenvalue weighted by Gasteiger charge is -2.21. The van der Waals surface area contributed by atoms with E-state index in [1.807, 2.05) is 0 Å². The van der Waals surface area contributed by atoms with Gasteiger partial charge in [-0.2, -0.15) is 0 Å². The fourth-order valence-corrected chi connectivity index (χ4v) is 13.3. The molecule has 3 N–H and O–H groups in total. The van der Waals surface area contributed by atoms with Crippen LogP contribution < -0.4 is 0 Å². The van der Waals surface area contributed by atoms with Crippen molar-refractivity contribution in [3.05, 3.63) is 0 Å². The highest BCUT2D eigenvalue weighted by molar-refractivity contribution is 7.47. The molecule has 0 saturated carbocycles. The van der Waals surface area contributed by atoms with Crippen LogP contribution in [0.25, 0.3) is 0 Å². The Labute approximate surface area is 581 Å². The number of esters is 4. The smallest absolute Gasteiger partial charge is 0.462 e. The predicted molar refractivity (Wildman–Crippen MR) is 386 cm³/mol. The van der Waals surface area contributed by atoms with Gasteiger partial charge in [0.2, 0.25) is 0 Å². The van der Waals surface area contributed by atoms with Crippen molar-refractivity contribution < 1.29 is 80.2 Å². The van der Waals surface area contributed by atoms with Crippen LogP contribution in [0.4, 0.5) is 0 Å². The summed E-state index contributed by atoms with van der Waals surface area (Å²) < 4.78 is 68.5. The second-order valence-corrected chi connectivity index (χ2v) is 30.8. The largest absolute Gasteiger partial charge is 0.472 e. The minimum atomic E-state index is -4.96. The maximum absolute atomic E-state index is 13.1. The molecule has 0 aliphatic rings. The van der Waals surface area contributed by atoms with Crippen LogP contribution in [0.1, 0.15) is 401 Å². The molecule has 0 rings (SSSR count). The van der Waals surface area contributed by atoms with Crippen molar-refractivity contribution in [3.8, 4) is 0 Å². The number of hydrogen-bond acceptors (Lipinski definition) is 15.